The van der Waals surface area contributed by atoms with Crippen LogP contribution in [0.25, 0.3) is 0 Å². The molecule has 0 fully saturated rings. The van der Waals surface area contributed by atoms with Gasteiger partial charge in [-0.15, -0.1) is 0 Å². The molecule has 1 heterocycles. The topological polar surface area (TPSA) is 43.8 Å². The fourth-order valence-corrected chi connectivity index (χ4v) is 2.03. The van der Waals surface area contributed by atoms with E-state index in [1.165, 1.54) is 12.1 Å². The molecule has 0 aliphatic heterocycles. The predicted molar refractivity (Wildman–Crippen MR) is 69.6 cm³/mol. The van der Waals surface area contributed by atoms with Crippen molar-refractivity contribution in [3.05, 3.63) is 53.9 Å². The van der Waals surface area contributed by atoms with Gasteiger partial charge in [0.1, 0.15) is 11.6 Å². The summed E-state index contributed by atoms with van der Waals surface area (Å²) in [6.07, 6.45) is 3.68. The number of benzene rings is 1. The Morgan fingerprint density at radius 3 is 2.83 bits per heavy atom. The molecule has 0 amide bonds. The quantitative estimate of drug-likeness (QED) is 0.902. The summed E-state index contributed by atoms with van der Waals surface area (Å²) in [5, 5.41) is 0. The third kappa shape index (κ3) is 2.76. The molecule has 0 saturated carbocycles. The maximum Gasteiger partial charge on any atom is 0.123 e. The molecule has 3 nitrogen and oxygen atoms in total. The van der Waals surface area contributed by atoms with E-state index in [1.54, 1.807) is 12.3 Å². The lowest BCUT2D eigenvalue weighted by Crippen LogP contribution is -2.19. The number of imidazole rings is 1. The lowest BCUT2D eigenvalue weighted by atomic mass is 10.1. The van der Waals surface area contributed by atoms with Crippen LogP contribution in [0.1, 0.15) is 37.2 Å². The van der Waals surface area contributed by atoms with Crippen molar-refractivity contribution >= 4 is 0 Å². The highest BCUT2D eigenvalue weighted by Crippen LogP contribution is 2.17. The second-order valence-corrected chi connectivity index (χ2v) is 4.75. The van der Waals surface area contributed by atoms with E-state index in [1.807, 2.05) is 16.8 Å². The van der Waals surface area contributed by atoms with E-state index in [9.17, 15) is 4.39 Å². The highest BCUT2D eigenvalue weighted by molar-refractivity contribution is 5.20. The number of aromatic nitrogens is 2. The van der Waals surface area contributed by atoms with Crippen LogP contribution in [0.5, 0.6) is 0 Å². The van der Waals surface area contributed by atoms with Crippen molar-refractivity contribution in [2.45, 2.75) is 32.4 Å². The first-order chi connectivity index (χ1) is 8.58. The molecule has 0 bridgehead atoms. The Hall–Kier alpha value is -1.68. The largest absolute Gasteiger partial charge is 0.333 e. The number of hydrogen-bond acceptors (Lipinski definition) is 2. The lowest BCUT2D eigenvalue weighted by Gasteiger charge is -2.16. The molecule has 0 spiro atoms. The Morgan fingerprint density at radius 1 is 1.39 bits per heavy atom. The average Bonchev–Trinajstić information content (AvgIpc) is 2.77. The number of halogens is 1. The first kappa shape index (κ1) is 12.8. The summed E-state index contributed by atoms with van der Waals surface area (Å²) in [6.45, 7) is 4.79. The van der Waals surface area contributed by atoms with Crippen LogP contribution in [-0.2, 0) is 6.54 Å². The summed E-state index contributed by atoms with van der Waals surface area (Å²) < 4.78 is 15.2. The van der Waals surface area contributed by atoms with Gasteiger partial charge < -0.3 is 10.3 Å². The molecule has 1 atom stereocenters. The van der Waals surface area contributed by atoms with Crippen molar-refractivity contribution in [3.8, 4) is 0 Å². The summed E-state index contributed by atoms with van der Waals surface area (Å²) in [4.78, 5) is 4.31. The van der Waals surface area contributed by atoms with Gasteiger partial charge in [-0.25, -0.2) is 9.37 Å². The van der Waals surface area contributed by atoms with Gasteiger partial charge in [0.15, 0.2) is 0 Å². The van der Waals surface area contributed by atoms with Crippen LogP contribution in [0.3, 0.4) is 0 Å². The van der Waals surface area contributed by atoms with Crippen LogP contribution >= 0.6 is 0 Å². The smallest absolute Gasteiger partial charge is 0.123 e. The minimum atomic E-state index is -0.252. The maximum absolute atomic E-state index is 13.1. The summed E-state index contributed by atoms with van der Waals surface area (Å²) in [6, 6.07) is 6.21. The van der Waals surface area contributed by atoms with Crippen LogP contribution in [0, 0.1) is 5.82 Å². The Morgan fingerprint density at radius 2 is 2.17 bits per heavy atom. The molecule has 2 aromatic rings. The minimum absolute atomic E-state index is 0.229. The minimum Gasteiger partial charge on any atom is -0.333 e. The third-order valence-electron chi connectivity index (χ3n) is 2.93. The van der Waals surface area contributed by atoms with Gasteiger partial charge in [-0.05, 0) is 17.7 Å². The first-order valence-corrected chi connectivity index (χ1v) is 6.10. The van der Waals surface area contributed by atoms with Crippen LogP contribution < -0.4 is 5.73 Å². The Labute approximate surface area is 106 Å². The van der Waals surface area contributed by atoms with Crippen LogP contribution in [0.2, 0.25) is 0 Å². The first-order valence-electron chi connectivity index (χ1n) is 6.10. The van der Waals surface area contributed by atoms with E-state index in [2.05, 4.69) is 18.8 Å². The third-order valence-corrected chi connectivity index (χ3v) is 2.93. The lowest BCUT2D eigenvalue weighted by molar-refractivity contribution is 0.537. The monoisotopic (exact) mass is 247 g/mol. The van der Waals surface area contributed by atoms with E-state index in [-0.39, 0.29) is 11.9 Å². The van der Waals surface area contributed by atoms with Crippen molar-refractivity contribution in [2.75, 3.05) is 0 Å². The fourth-order valence-electron chi connectivity index (χ4n) is 2.03. The van der Waals surface area contributed by atoms with Gasteiger partial charge in [-0.3, -0.25) is 0 Å². The SMILES string of the molecule is CC(C)c1nccn1CC(N)c1cccc(F)c1. The van der Waals surface area contributed by atoms with Gasteiger partial charge >= 0.3 is 0 Å². The summed E-state index contributed by atoms with van der Waals surface area (Å²) in [5.41, 5.74) is 6.91. The zero-order valence-electron chi connectivity index (χ0n) is 10.7. The van der Waals surface area contributed by atoms with E-state index in [0.29, 0.717) is 12.5 Å². The highest BCUT2D eigenvalue weighted by Gasteiger charge is 2.12. The van der Waals surface area contributed by atoms with Gasteiger partial charge in [0.25, 0.3) is 0 Å². The van der Waals surface area contributed by atoms with E-state index in [4.69, 9.17) is 5.73 Å². The average molecular weight is 247 g/mol. The second kappa shape index (κ2) is 5.31. The van der Waals surface area contributed by atoms with Gasteiger partial charge in [0.2, 0.25) is 0 Å². The molecule has 0 radical (unpaired) electrons. The molecule has 2 rings (SSSR count). The Kier molecular flexibility index (Phi) is 3.77. The molecule has 1 unspecified atom stereocenters. The molecule has 2 N–H and O–H groups in total. The summed E-state index contributed by atoms with van der Waals surface area (Å²) in [7, 11) is 0. The zero-order chi connectivity index (χ0) is 13.1. The molecule has 4 heteroatoms. The van der Waals surface area contributed by atoms with Crippen molar-refractivity contribution in [1.82, 2.24) is 9.55 Å². The molecule has 1 aromatic heterocycles. The number of nitrogens with zero attached hydrogens (tertiary/aromatic N) is 2. The fraction of sp³-hybridized carbons (Fsp3) is 0.357. The molecule has 0 aliphatic carbocycles. The number of rotatable bonds is 4. The Bertz CT molecular complexity index is 519. The van der Waals surface area contributed by atoms with Crippen LogP contribution in [0.4, 0.5) is 4.39 Å². The standard InChI is InChI=1S/C14H18FN3/c1-10(2)14-17-6-7-18(14)9-13(16)11-4-3-5-12(15)8-11/h3-8,10,13H,9,16H2,1-2H3. The van der Waals surface area contributed by atoms with E-state index in [0.717, 1.165) is 11.4 Å². The van der Waals surface area contributed by atoms with Crippen molar-refractivity contribution in [1.29, 1.82) is 0 Å². The molecule has 0 aliphatic rings. The second-order valence-electron chi connectivity index (χ2n) is 4.75. The molecule has 96 valence electrons. The molecular weight excluding hydrogens is 229 g/mol. The van der Waals surface area contributed by atoms with Gasteiger partial charge in [0, 0.05) is 30.9 Å². The van der Waals surface area contributed by atoms with Gasteiger partial charge in [-0.1, -0.05) is 26.0 Å². The van der Waals surface area contributed by atoms with Gasteiger partial charge in [-0.2, -0.15) is 0 Å². The maximum atomic E-state index is 13.1. The molecular formula is C14H18FN3. The van der Waals surface area contributed by atoms with Crippen LogP contribution in [0.15, 0.2) is 36.7 Å². The molecule has 18 heavy (non-hydrogen) atoms. The number of hydrogen-bond donors (Lipinski definition) is 1. The van der Waals surface area contributed by atoms with Crippen molar-refractivity contribution < 1.29 is 4.39 Å². The van der Waals surface area contributed by atoms with Crippen LogP contribution in [-0.4, -0.2) is 9.55 Å². The summed E-state index contributed by atoms with van der Waals surface area (Å²) >= 11 is 0. The van der Waals surface area contributed by atoms with Crippen molar-refractivity contribution in [2.24, 2.45) is 5.73 Å². The zero-order valence-corrected chi connectivity index (χ0v) is 10.7. The van der Waals surface area contributed by atoms with E-state index < -0.39 is 0 Å². The Balaban J connectivity index is 2.16. The normalized spacial score (nSPS) is 12.9. The van der Waals surface area contributed by atoms with Gasteiger partial charge in [0.05, 0.1) is 0 Å². The summed E-state index contributed by atoms with van der Waals surface area (Å²) in [5.74, 6) is 1.10. The highest BCUT2D eigenvalue weighted by atomic mass is 19.1. The molecule has 1 aromatic carbocycles. The molecule has 0 saturated heterocycles. The number of nitrogens with two attached hydrogens (primary N) is 1. The van der Waals surface area contributed by atoms with Crippen molar-refractivity contribution in [3.63, 3.8) is 0 Å². The predicted octanol–water partition coefficient (Wildman–Crippen LogP) is 2.85. The van der Waals surface area contributed by atoms with E-state index >= 15 is 0 Å².